The smallest absolute Gasteiger partial charge is 0.295 e. The summed E-state index contributed by atoms with van der Waals surface area (Å²) in [4.78, 5) is 31.3. The largest absolute Gasteiger partial charge is 0.507 e. The van der Waals surface area contributed by atoms with Crippen molar-refractivity contribution in [2.24, 2.45) is 0 Å². The minimum Gasteiger partial charge on any atom is -0.507 e. The number of carbonyl (C=O) groups excluding carboxylic acids is 2. The first-order chi connectivity index (χ1) is 16.5. The summed E-state index contributed by atoms with van der Waals surface area (Å²) in [7, 11) is 0. The highest BCUT2D eigenvalue weighted by Gasteiger charge is 2.47. The minimum absolute atomic E-state index is 0.0938. The molecule has 2 fully saturated rings. The number of fused-ring (bicyclic) bond motifs is 1. The van der Waals surface area contributed by atoms with Gasteiger partial charge in [0.05, 0.1) is 24.3 Å². The fourth-order valence-corrected chi connectivity index (χ4v) is 4.99. The molecule has 2 atom stereocenters. The van der Waals surface area contributed by atoms with Crippen molar-refractivity contribution in [3.63, 3.8) is 0 Å². The summed E-state index contributed by atoms with van der Waals surface area (Å²) in [6, 6.07) is 12.3. The summed E-state index contributed by atoms with van der Waals surface area (Å²) in [5, 5.41) is 12.3. The van der Waals surface area contributed by atoms with Gasteiger partial charge in [0.25, 0.3) is 11.7 Å². The predicted octanol–water partition coefficient (Wildman–Crippen LogP) is 4.48. The SMILES string of the molecule is CCOc1ccc(/C(O)=C2\C(=O)C(=O)N(CC3CCCO3)C2c2c[nH]c3ccccc23)cc1C. The quantitative estimate of drug-likeness (QED) is 0.322. The summed E-state index contributed by atoms with van der Waals surface area (Å²) >= 11 is 0. The number of H-pyrrole nitrogens is 1. The van der Waals surface area contributed by atoms with Crippen molar-refractivity contribution >= 4 is 28.4 Å². The van der Waals surface area contributed by atoms with Gasteiger partial charge in [-0.2, -0.15) is 0 Å². The molecule has 2 unspecified atom stereocenters. The molecule has 34 heavy (non-hydrogen) atoms. The number of ketones is 1. The molecule has 2 saturated heterocycles. The Morgan fingerprint density at radius 1 is 1.24 bits per heavy atom. The van der Waals surface area contributed by atoms with E-state index in [9.17, 15) is 14.7 Å². The average Bonchev–Trinajstić information content (AvgIpc) is 3.56. The molecule has 2 aliphatic rings. The van der Waals surface area contributed by atoms with Crippen LogP contribution in [0.1, 0.15) is 42.5 Å². The number of Topliss-reactive ketones (excluding diaryl/α,β-unsaturated/α-hetero) is 1. The maximum atomic E-state index is 13.3. The summed E-state index contributed by atoms with van der Waals surface area (Å²) in [5.74, 6) is -0.770. The number of likely N-dealkylation sites (tertiary alicyclic amines) is 1. The van der Waals surface area contributed by atoms with Crippen LogP contribution in [0.3, 0.4) is 0 Å². The molecule has 0 spiro atoms. The highest BCUT2D eigenvalue weighted by atomic mass is 16.5. The zero-order chi connectivity index (χ0) is 23.8. The fraction of sp³-hybridized carbons (Fsp3) is 0.333. The summed E-state index contributed by atoms with van der Waals surface area (Å²) in [6.45, 7) is 5.27. The molecular weight excluding hydrogens is 432 g/mol. The Labute approximate surface area is 198 Å². The van der Waals surface area contributed by atoms with Gasteiger partial charge in [0.2, 0.25) is 0 Å². The maximum Gasteiger partial charge on any atom is 0.295 e. The number of amides is 1. The first-order valence-corrected chi connectivity index (χ1v) is 11.7. The Kier molecular flexibility index (Phi) is 5.87. The standard InChI is InChI=1S/C27H28N2O5/c1-3-33-22-11-10-17(13-16(22)2)25(30)23-24(20-14-28-21-9-5-4-8-19(20)21)29(27(32)26(23)31)15-18-7-6-12-34-18/h4-5,8-11,13-14,18,24,28,30H,3,6-7,12,15H2,1-2H3/b25-23+. The molecule has 176 valence electrons. The monoisotopic (exact) mass is 460 g/mol. The minimum atomic E-state index is -0.716. The van der Waals surface area contributed by atoms with E-state index in [1.165, 1.54) is 0 Å². The number of aryl methyl sites for hydroxylation is 1. The summed E-state index contributed by atoms with van der Waals surface area (Å²) in [6.07, 6.45) is 3.46. The molecule has 0 aliphatic carbocycles. The lowest BCUT2D eigenvalue weighted by Crippen LogP contribution is -2.36. The zero-order valence-electron chi connectivity index (χ0n) is 19.3. The van der Waals surface area contributed by atoms with Gasteiger partial charge in [-0.05, 0) is 56.5 Å². The molecule has 3 aromatic rings. The molecule has 7 heteroatoms. The van der Waals surface area contributed by atoms with Gasteiger partial charge in [-0.15, -0.1) is 0 Å². The van der Waals surface area contributed by atoms with Crippen LogP contribution in [-0.4, -0.2) is 52.5 Å². The van der Waals surface area contributed by atoms with Crippen LogP contribution in [0.2, 0.25) is 0 Å². The number of aromatic amines is 1. The van der Waals surface area contributed by atoms with E-state index in [1.54, 1.807) is 23.1 Å². The van der Waals surface area contributed by atoms with Crippen molar-refractivity contribution < 1.29 is 24.2 Å². The number of benzene rings is 2. The highest BCUT2D eigenvalue weighted by molar-refractivity contribution is 6.46. The van der Waals surface area contributed by atoms with E-state index in [4.69, 9.17) is 9.47 Å². The van der Waals surface area contributed by atoms with Gasteiger partial charge in [0.1, 0.15) is 11.5 Å². The van der Waals surface area contributed by atoms with Crippen molar-refractivity contribution in [1.82, 2.24) is 9.88 Å². The van der Waals surface area contributed by atoms with Crippen molar-refractivity contribution in [2.75, 3.05) is 19.8 Å². The lowest BCUT2D eigenvalue weighted by atomic mass is 9.94. The lowest BCUT2D eigenvalue weighted by Gasteiger charge is -2.27. The third-order valence-corrected chi connectivity index (χ3v) is 6.63. The van der Waals surface area contributed by atoms with Crippen LogP contribution < -0.4 is 4.74 Å². The van der Waals surface area contributed by atoms with Gasteiger partial charge in [-0.1, -0.05) is 18.2 Å². The van der Waals surface area contributed by atoms with Gasteiger partial charge in [-0.3, -0.25) is 9.59 Å². The average molecular weight is 461 g/mol. The van der Waals surface area contributed by atoms with Gasteiger partial charge < -0.3 is 24.5 Å². The van der Waals surface area contributed by atoms with E-state index in [1.807, 2.05) is 44.3 Å². The molecule has 7 nitrogen and oxygen atoms in total. The second kappa shape index (κ2) is 8.99. The molecule has 2 N–H and O–H groups in total. The third kappa shape index (κ3) is 3.76. The number of hydrogen-bond acceptors (Lipinski definition) is 5. The van der Waals surface area contributed by atoms with Crippen molar-refractivity contribution in [1.29, 1.82) is 0 Å². The molecular formula is C27H28N2O5. The number of nitrogens with zero attached hydrogens (tertiary/aromatic N) is 1. The van der Waals surface area contributed by atoms with E-state index >= 15 is 0 Å². The van der Waals surface area contributed by atoms with Crippen LogP contribution in [0.5, 0.6) is 5.75 Å². The molecule has 3 heterocycles. The van der Waals surface area contributed by atoms with Gasteiger partial charge in [0.15, 0.2) is 0 Å². The van der Waals surface area contributed by atoms with E-state index < -0.39 is 17.7 Å². The molecule has 2 aliphatic heterocycles. The molecule has 0 bridgehead atoms. The lowest BCUT2D eigenvalue weighted by molar-refractivity contribution is -0.140. The number of aromatic nitrogens is 1. The molecule has 1 amide bonds. The van der Waals surface area contributed by atoms with Crippen molar-refractivity contribution in [2.45, 2.75) is 38.8 Å². The molecule has 5 rings (SSSR count). The maximum absolute atomic E-state index is 13.3. The Balaban J connectivity index is 1.65. The van der Waals surface area contributed by atoms with Gasteiger partial charge in [0, 0.05) is 41.4 Å². The second-order valence-corrected chi connectivity index (χ2v) is 8.79. The van der Waals surface area contributed by atoms with Crippen LogP contribution >= 0.6 is 0 Å². The predicted molar refractivity (Wildman–Crippen MR) is 129 cm³/mol. The first kappa shape index (κ1) is 22.2. The summed E-state index contributed by atoms with van der Waals surface area (Å²) in [5.41, 5.74) is 3.08. The molecule has 0 saturated carbocycles. The Morgan fingerprint density at radius 2 is 2.06 bits per heavy atom. The topological polar surface area (TPSA) is 91.9 Å². The van der Waals surface area contributed by atoms with E-state index in [0.717, 1.165) is 34.9 Å². The molecule has 1 aromatic heterocycles. The van der Waals surface area contributed by atoms with Crippen LogP contribution in [0.15, 0.2) is 54.2 Å². The summed E-state index contributed by atoms with van der Waals surface area (Å²) < 4.78 is 11.4. The Bertz CT molecular complexity index is 1290. The first-order valence-electron chi connectivity index (χ1n) is 11.7. The van der Waals surface area contributed by atoms with Crippen LogP contribution in [0.25, 0.3) is 16.7 Å². The molecule has 0 radical (unpaired) electrons. The van der Waals surface area contributed by atoms with Gasteiger partial charge >= 0.3 is 0 Å². The normalized spacial score (nSPS) is 22.1. The number of aliphatic hydroxyl groups is 1. The molecule has 2 aromatic carbocycles. The van der Waals surface area contributed by atoms with Crippen LogP contribution in [-0.2, 0) is 14.3 Å². The number of hydrogen-bond donors (Lipinski definition) is 2. The number of aliphatic hydroxyl groups excluding tert-OH is 1. The fourth-order valence-electron chi connectivity index (χ4n) is 4.99. The Hall–Kier alpha value is -3.58. The van der Waals surface area contributed by atoms with E-state index in [2.05, 4.69) is 4.98 Å². The number of carbonyl (C=O) groups is 2. The van der Waals surface area contributed by atoms with E-state index in [-0.39, 0.29) is 17.4 Å². The number of rotatable bonds is 6. The van der Waals surface area contributed by atoms with Gasteiger partial charge in [-0.25, -0.2) is 0 Å². The number of nitrogens with one attached hydrogen (secondary N) is 1. The number of para-hydroxylation sites is 1. The van der Waals surface area contributed by atoms with Crippen molar-refractivity contribution in [3.05, 3.63) is 70.9 Å². The van der Waals surface area contributed by atoms with Crippen LogP contribution in [0.4, 0.5) is 0 Å². The highest BCUT2D eigenvalue weighted by Crippen LogP contribution is 2.42. The second-order valence-electron chi connectivity index (χ2n) is 8.79. The van der Waals surface area contributed by atoms with Crippen molar-refractivity contribution in [3.8, 4) is 5.75 Å². The van der Waals surface area contributed by atoms with Crippen LogP contribution in [0, 0.1) is 6.92 Å². The zero-order valence-corrected chi connectivity index (χ0v) is 19.3. The third-order valence-electron chi connectivity index (χ3n) is 6.63. The number of ether oxygens (including phenoxy) is 2. The Morgan fingerprint density at radius 3 is 2.79 bits per heavy atom. The van der Waals surface area contributed by atoms with E-state index in [0.29, 0.717) is 31.1 Å².